The number of alkyl halides is 1. The summed E-state index contributed by atoms with van der Waals surface area (Å²) in [6, 6.07) is 5.82. The second-order valence-electron chi connectivity index (χ2n) is 4.09. The van der Waals surface area contributed by atoms with E-state index >= 15 is 0 Å². The first-order valence-corrected chi connectivity index (χ1v) is 6.33. The molecule has 0 atom stereocenters. The fourth-order valence-electron chi connectivity index (χ4n) is 2.27. The quantitative estimate of drug-likeness (QED) is 0.759. The van der Waals surface area contributed by atoms with Crippen LogP contribution in [0.1, 0.15) is 18.4 Å². The van der Waals surface area contributed by atoms with Crippen LogP contribution in [-0.4, -0.2) is 25.4 Å². The largest absolute Gasteiger partial charge is 0.496 e. The molecule has 0 bridgehead atoms. The third-order valence-corrected chi connectivity index (χ3v) is 3.32. The highest BCUT2D eigenvalue weighted by Gasteiger charge is 2.22. The monoisotopic (exact) mass is 253 g/mol. The molecular formula is C13H16ClNO2. The summed E-state index contributed by atoms with van der Waals surface area (Å²) in [5.41, 5.74) is 2.07. The predicted octanol–water partition coefficient (Wildman–Crippen LogP) is 2.60. The minimum Gasteiger partial charge on any atom is -0.496 e. The average Bonchev–Trinajstić information content (AvgIpc) is 2.59. The molecule has 0 radical (unpaired) electrons. The minimum atomic E-state index is -0.0388. The van der Waals surface area contributed by atoms with Gasteiger partial charge < -0.3 is 9.64 Å². The SMILES string of the molecule is COc1cccc2c1CCCCN2C(=O)CCl. The molecule has 0 aromatic heterocycles. The normalized spacial score (nSPS) is 15.1. The number of hydrogen-bond acceptors (Lipinski definition) is 2. The molecule has 1 amide bonds. The van der Waals surface area contributed by atoms with Gasteiger partial charge in [-0.3, -0.25) is 4.79 Å². The Morgan fingerprint density at radius 1 is 1.47 bits per heavy atom. The molecular weight excluding hydrogens is 238 g/mol. The lowest BCUT2D eigenvalue weighted by Gasteiger charge is -2.22. The summed E-state index contributed by atoms with van der Waals surface area (Å²) in [7, 11) is 1.66. The lowest BCUT2D eigenvalue weighted by molar-refractivity contribution is -0.116. The van der Waals surface area contributed by atoms with E-state index in [0.29, 0.717) is 0 Å². The number of fused-ring (bicyclic) bond motifs is 1. The summed E-state index contributed by atoms with van der Waals surface area (Å²) < 4.78 is 5.36. The number of hydrogen-bond donors (Lipinski definition) is 0. The van der Waals surface area contributed by atoms with Gasteiger partial charge in [0, 0.05) is 12.1 Å². The highest BCUT2D eigenvalue weighted by atomic mass is 35.5. The van der Waals surface area contributed by atoms with Crippen LogP contribution < -0.4 is 9.64 Å². The Labute approximate surface area is 106 Å². The van der Waals surface area contributed by atoms with Crippen LogP contribution in [0.15, 0.2) is 18.2 Å². The lowest BCUT2D eigenvalue weighted by atomic mass is 10.1. The molecule has 0 fully saturated rings. The summed E-state index contributed by atoms with van der Waals surface area (Å²) in [4.78, 5) is 13.6. The second kappa shape index (κ2) is 5.41. The summed E-state index contributed by atoms with van der Waals surface area (Å²) in [5, 5.41) is 0. The molecule has 0 N–H and O–H groups in total. The first-order valence-electron chi connectivity index (χ1n) is 5.80. The van der Waals surface area contributed by atoms with Crippen molar-refractivity contribution in [3.8, 4) is 5.75 Å². The van der Waals surface area contributed by atoms with Crippen LogP contribution in [0.2, 0.25) is 0 Å². The topological polar surface area (TPSA) is 29.5 Å². The van der Waals surface area contributed by atoms with Crippen molar-refractivity contribution in [1.29, 1.82) is 0 Å². The number of carbonyl (C=O) groups is 1. The van der Waals surface area contributed by atoms with Crippen LogP contribution in [0.25, 0.3) is 0 Å². The number of nitrogens with zero attached hydrogens (tertiary/aromatic N) is 1. The second-order valence-corrected chi connectivity index (χ2v) is 4.36. The van der Waals surface area contributed by atoms with Crippen LogP contribution in [0, 0.1) is 0 Å². The van der Waals surface area contributed by atoms with Gasteiger partial charge in [-0.1, -0.05) is 6.07 Å². The third-order valence-electron chi connectivity index (χ3n) is 3.09. The standard InChI is InChI=1S/C13H16ClNO2/c1-17-12-7-4-6-11-10(12)5-2-3-8-15(11)13(16)9-14/h4,6-7H,2-3,5,8-9H2,1H3. The molecule has 2 rings (SSSR count). The zero-order chi connectivity index (χ0) is 12.3. The maximum absolute atomic E-state index is 11.8. The number of anilines is 1. The van der Waals surface area contributed by atoms with Crippen LogP contribution in [0.5, 0.6) is 5.75 Å². The van der Waals surface area contributed by atoms with Crippen molar-refractivity contribution < 1.29 is 9.53 Å². The first kappa shape index (κ1) is 12.2. The van der Waals surface area contributed by atoms with Gasteiger partial charge in [0.15, 0.2) is 0 Å². The Morgan fingerprint density at radius 2 is 2.29 bits per heavy atom. The van der Waals surface area contributed by atoms with Crippen molar-refractivity contribution in [3.05, 3.63) is 23.8 Å². The molecule has 0 unspecified atom stereocenters. The number of methoxy groups -OCH3 is 1. The molecule has 92 valence electrons. The van der Waals surface area contributed by atoms with E-state index in [4.69, 9.17) is 16.3 Å². The van der Waals surface area contributed by atoms with E-state index in [1.165, 1.54) is 0 Å². The van der Waals surface area contributed by atoms with Crippen molar-refractivity contribution in [3.63, 3.8) is 0 Å². The Kier molecular flexibility index (Phi) is 3.89. The predicted molar refractivity (Wildman–Crippen MR) is 69.0 cm³/mol. The number of amides is 1. The molecule has 17 heavy (non-hydrogen) atoms. The van der Waals surface area contributed by atoms with Crippen LogP contribution in [0.4, 0.5) is 5.69 Å². The van der Waals surface area contributed by atoms with Gasteiger partial charge in [-0.2, -0.15) is 0 Å². The smallest absolute Gasteiger partial charge is 0.241 e. The van der Waals surface area contributed by atoms with Gasteiger partial charge in [0.05, 0.1) is 12.8 Å². The maximum Gasteiger partial charge on any atom is 0.241 e. The van der Waals surface area contributed by atoms with Gasteiger partial charge in [0.25, 0.3) is 0 Å². The molecule has 1 aromatic carbocycles. The summed E-state index contributed by atoms with van der Waals surface area (Å²) >= 11 is 5.66. The Balaban J connectivity index is 2.45. The fourth-order valence-corrected chi connectivity index (χ4v) is 2.42. The van der Waals surface area contributed by atoms with Crippen molar-refractivity contribution >= 4 is 23.2 Å². The zero-order valence-corrected chi connectivity index (χ0v) is 10.7. The molecule has 1 aliphatic heterocycles. The Hall–Kier alpha value is -1.22. The summed E-state index contributed by atoms with van der Waals surface area (Å²) in [6.45, 7) is 0.742. The van der Waals surface area contributed by atoms with Gasteiger partial charge in [0.2, 0.25) is 5.91 Å². The number of rotatable bonds is 2. The molecule has 0 saturated carbocycles. The van der Waals surface area contributed by atoms with Crippen molar-refractivity contribution in [2.75, 3.05) is 24.4 Å². The molecule has 1 aliphatic rings. The highest BCUT2D eigenvalue weighted by molar-refractivity contribution is 6.29. The Bertz CT molecular complexity index is 420. The van der Waals surface area contributed by atoms with Gasteiger partial charge >= 0.3 is 0 Å². The molecule has 4 heteroatoms. The van der Waals surface area contributed by atoms with E-state index in [-0.39, 0.29) is 11.8 Å². The van der Waals surface area contributed by atoms with Crippen LogP contribution >= 0.6 is 11.6 Å². The molecule has 0 spiro atoms. The van der Waals surface area contributed by atoms with Gasteiger partial charge in [-0.25, -0.2) is 0 Å². The summed E-state index contributed by atoms with van der Waals surface area (Å²) in [5.74, 6) is 0.844. The van der Waals surface area contributed by atoms with Crippen molar-refractivity contribution in [2.24, 2.45) is 0 Å². The van der Waals surface area contributed by atoms with E-state index in [0.717, 1.165) is 42.8 Å². The van der Waals surface area contributed by atoms with E-state index < -0.39 is 0 Å². The van der Waals surface area contributed by atoms with E-state index in [1.54, 1.807) is 12.0 Å². The van der Waals surface area contributed by atoms with Crippen LogP contribution in [-0.2, 0) is 11.2 Å². The highest BCUT2D eigenvalue weighted by Crippen LogP contribution is 2.33. The number of carbonyl (C=O) groups excluding carboxylic acids is 1. The molecule has 1 aromatic rings. The molecule has 0 saturated heterocycles. The van der Waals surface area contributed by atoms with Crippen molar-refractivity contribution in [2.45, 2.75) is 19.3 Å². The Morgan fingerprint density at radius 3 is 3.00 bits per heavy atom. The van der Waals surface area contributed by atoms with Gasteiger partial charge in [0.1, 0.15) is 11.6 Å². The van der Waals surface area contributed by atoms with E-state index in [9.17, 15) is 4.79 Å². The average molecular weight is 254 g/mol. The zero-order valence-electron chi connectivity index (χ0n) is 9.91. The van der Waals surface area contributed by atoms with Gasteiger partial charge in [-0.05, 0) is 31.4 Å². The lowest BCUT2D eigenvalue weighted by Crippen LogP contribution is -2.32. The maximum atomic E-state index is 11.8. The number of benzene rings is 1. The molecule has 1 heterocycles. The van der Waals surface area contributed by atoms with E-state index in [1.807, 2.05) is 18.2 Å². The van der Waals surface area contributed by atoms with Crippen LogP contribution in [0.3, 0.4) is 0 Å². The first-order chi connectivity index (χ1) is 8.27. The van der Waals surface area contributed by atoms with E-state index in [2.05, 4.69) is 0 Å². The summed E-state index contributed by atoms with van der Waals surface area (Å²) in [6.07, 6.45) is 3.02. The number of ether oxygens (including phenoxy) is 1. The molecule has 0 aliphatic carbocycles. The third kappa shape index (κ3) is 2.39. The minimum absolute atomic E-state index is 0.0245. The van der Waals surface area contributed by atoms with Crippen molar-refractivity contribution in [1.82, 2.24) is 0 Å². The fraction of sp³-hybridized carbons (Fsp3) is 0.462. The van der Waals surface area contributed by atoms with Gasteiger partial charge in [-0.15, -0.1) is 11.6 Å². The molecule has 3 nitrogen and oxygen atoms in total. The number of halogens is 1.